The predicted octanol–water partition coefficient (Wildman–Crippen LogP) is 3.12. The van der Waals surface area contributed by atoms with Crippen LogP contribution in [0.1, 0.15) is 11.1 Å². The Morgan fingerprint density at radius 1 is 1.24 bits per heavy atom. The van der Waals surface area contributed by atoms with Crippen molar-refractivity contribution in [2.45, 2.75) is 18.4 Å². The SMILES string of the molecule is Cc1cccc(SCC(=O)NCc2ccc(F)cc2)c1N. The van der Waals surface area contributed by atoms with E-state index in [1.54, 1.807) is 12.1 Å². The molecule has 0 spiro atoms. The predicted molar refractivity (Wildman–Crippen MR) is 84.6 cm³/mol. The molecule has 0 atom stereocenters. The van der Waals surface area contributed by atoms with Crippen molar-refractivity contribution < 1.29 is 9.18 Å². The van der Waals surface area contributed by atoms with Gasteiger partial charge in [0, 0.05) is 17.1 Å². The third-order valence-electron chi connectivity index (χ3n) is 3.05. The number of nitrogen functional groups attached to an aromatic ring is 1. The third kappa shape index (κ3) is 4.49. The van der Waals surface area contributed by atoms with Gasteiger partial charge in [0.1, 0.15) is 5.82 Å². The van der Waals surface area contributed by atoms with E-state index in [1.165, 1.54) is 23.9 Å². The summed E-state index contributed by atoms with van der Waals surface area (Å²) in [5, 5.41) is 2.80. The molecule has 0 bridgehead atoms. The molecule has 0 heterocycles. The fourth-order valence-electron chi connectivity index (χ4n) is 1.78. The second kappa shape index (κ2) is 7.13. The van der Waals surface area contributed by atoms with Gasteiger partial charge in [0.2, 0.25) is 5.91 Å². The van der Waals surface area contributed by atoms with Gasteiger partial charge in [-0.1, -0.05) is 24.3 Å². The van der Waals surface area contributed by atoms with Gasteiger partial charge in [-0.05, 0) is 36.2 Å². The molecule has 3 nitrogen and oxygen atoms in total. The number of nitrogens with one attached hydrogen (secondary N) is 1. The standard InChI is InChI=1S/C16H17FN2OS/c1-11-3-2-4-14(16(11)18)21-10-15(20)19-9-12-5-7-13(17)8-6-12/h2-8H,9-10,18H2,1H3,(H,19,20). The Labute approximate surface area is 127 Å². The lowest BCUT2D eigenvalue weighted by Crippen LogP contribution is -2.24. The third-order valence-corrected chi connectivity index (χ3v) is 4.12. The first-order chi connectivity index (χ1) is 10.1. The van der Waals surface area contributed by atoms with Crippen molar-refractivity contribution in [1.82, 2.24) is 5.32 Å². The van der Waals surface area contributed by atoms with E-state index in [9.17, 15) is 9.18 Å². The van der Waals surface area contributed by atoms with Crippen molar-refractivity contribution in [2.24, 2.45) is 0 Å². The summed E-state index contributed by atoms with van der Waals surface area (Å²) in [5.74, 6) is -0.0599. The van der Waals surface area contributed by atoms with E-state index in [2.05, 4.69) is 5.32 Å². The van der Waals surface area contributed by atoms with Crippen LogP contribution in [0.25, 0.3) is 0 Å². The molecular formula is C16H17FN2OS. The van der Waals surface area contributed by atoms with E-state index in [4.69, 9.17) is 5.73 Å². The Morgan fingerprint density at radius 2 is 1.95 bits per heavy atom. The minimum atomic E-state index is -0.282. The molecular weight excluding hydrogens is 287 g/mol. The van der Waals surface area contributed by atoms with Gasteiger partial charge in [-0.15, -0.1) is 11.8 Å². The lowest BCUT2D eigenvalue weighted by molar-refractivity contribution is -0.118. The minimum absolute atomic E-state index is 0.0785. The van der Waals surface area contributed by atoms with Crippen molar-refractivity contribution >= 4 is 23.4 Å². The smallest absolute Gasteiger partial charge is 0.230 e. The highest BCUT2D eigenvalue weighted by molar-refractivity contribution is 8.00. The van der Waals surface area contributed by atoms with E-state index in [1.807, 2.05) is 25.1 Å². The lowest BCUT2D eigenvalue weighted by atomic mass is 10.2. The van der Waals surface area contributed by atoms with Gasteiger partial charge in [0.05, 0.1) is 5.75 Å². The number of halogens is 1. The van der Waals surface area contributed by atoms with Crippen LogP contribution in [0.4, 0.5) is 10.1 Å². The summed E-state index contributed by atoms with van der Waals surface area (Å²) in [6, 6.07) is 11.8. The number of hydrogen-bond donors (Lipinski definition) is 2. The molecule has 0 fully saturated rings. The molecule has 1 amide bonds. The molecule has 0 aromatic heterocycles. The second-order valence-electron chi connectivity index (χ2n) is 4.68. The van der Waals surface area contributed by atoms with Gasteiger partial charge in [-0.25, -0.2) is 4.39 Å². The summed E-state index contributed by atoms with van der Waals surface area (Å²) in [4.78, 5) is 12.7. The van der Waals surface area contributed by atoms with Gasteiger partial charge >= 0.3 is 0 Å². The highest BCUT2D eigenvalue weighted by atomic mass is 32.2. The normalized spacial score (nSPS) is 10.4. The largest absolute Gasteiger partial charge is 0.398 e. The van der Waals surface area contributed by atoms with Crippen LogP contribution < -0.4 is 11.1 Å². The second-order valence-corrected chi connectivity index (χ2v) is 5.70. The monoisotopic (exact) mass is 304 g/mol. The van der Waals surface area contributed by atoms with Crippen molar-refractivity contribution in [3.63, 3.8) is 0 Å². The number of nitrogens with two attached hydrogens (primary N) is 1. The van der Waals surface area contributed by atoms with Gasteiger partial charge in [0.15, 0.2) is 0 Å². The molecule has 2 rings (SSSR count). The Bertz CT molecular complexity index is 629. The van der Waals surface area contributed by atoms with Crippen LogP contribution >= 0.6 is 11.8 Å². The van der Waals surface area contributed by atoms with E-state index in [-0.39, 0.29) is 11.7 Å². The number of hydrogen-bond acceptors (Lipinski definition) is 3. The van der Waals surface area contributed by atoms with Crippen molar-refractivity contribution in [3.8, 4) is 0 Å². The number of carbonyl (C=O) groups is 1. The zero-order valence-electron chi connectivity index (χ0n) is 11.7. The Kier molecular flexibility index (Phi) is 5.22. The van der Waals surface area contributed by atoms with Crippen molar-refractivity contribution in [3.05, 3.63) is 59.4 Å². The summed E-state index contributed by atoms with van der Waals surface area (Å²) in [7, 11) is 0. The molecule has 0 aliphatic carbocycles. The van der Waals surface area contributed by atoms with Crippen LogP contribution in [0.2, 0.25) is 0 Å². The fourth-order valence-corrected chi connectivity index (χ4v) is 2.66. The van der Waals surface area contributed by atoms with E-state index < -0.39 is 0 Å². The number of carbonyl (C=O) groups excluding carboxylic acids is 1. The summed E-state index contributed by atoms with van der Waals surface area (Å²) in [6.45, 7) is 2.33. The van der Waals surface area contributed by atoms with Crippen molar-refractivity contribution in [1.29, 1.82) is 0 Å². The van der Waals surface area contributed by atoms with Gasteiger partial charge in [0.25, 0.3) is 0 Å². The first kappa shape index (κ1) is 15.4. The van der Waals surface area contributed by atoms with Crippen molar-refractivity contribution in [2.75, 3.05) is 11.5 Å². The number of rotatable bonds is 5. The quantitative estimate of drug-likeness (QED) is 0.659. The van der Waals surface area contributed by atoms with E-state index >= 15 is 0 Å². The summed E-state index contributed by atoms with van der Waals surface area (Å²) < 4.78 is 12.8. The number of amides is 1. The molecule has 0 unspecified atom stereocenters. The topological polar surface area (TPSA) is 55.1 Å². The minimum Gasteiger partial charge on any atom is -0.398 e. The molecule has 2 aromatic carbocycles. The maximum Gasteiger partial charge on any atom is 0.230 e. The van der Waals surface area contributed by atoms with Gasteiger partial charge in [-0.2, -0.15) is 0 Å². The number of thioether (sulfide) groups is 1. The number of anilines is 1. The zero-order valence-corrected chi connectivity index (χ0v) is 12.5. The Morgan fingerprint density at radius 3 is 2.67 bits per heavy atom. The molecule has 110 valence electrons. The fraction of sp³-hybridized carbons (Fsp3) is 0.188. The van der Waals surface area contributed by atoms with Crippen LogP contribution in [-0.2, 0) is 11.3 Å². The first-order valence-corrected chi connectivity index (χ1v) is 7.54. The maximum absolute atomic E-state index is 12.8. The van der Waals surface area contributed by atoms with Crippen LogP contribution in [-0.4, -0.2) is 11.7 Å². The molecule has 0 saturated heterocycles. The summed E-state index contributed by atoms with van der Waals surface area (Å²) in [5.41, 5.74) is 8.55. The Hall–Kier alpha value is -2.01. The zero-order chi connectivity index (χ0) is 15.2. The van der Waals surface area contributed by atoms with Crippen LogP contribution in [0.5, 0.6) is 0 Å². The number of aryl methyl sites for hydroxylation is 1. The van der Waals surface area contributed by atoms with Gasteiger partial charge in [-0.3, -0.25) is 4.79 Å². The highest BCUT2D eigenvalue weighted by Crippen LogP contribution is 2.27. The molecule has 0 aliphatic heterocycles. The Balaban J connectivity index is 1.82. The molecule has 3 N–H and O–H groups in total. The number of para-hydroxylation sites is 1. The van der Waals surface area contributed by atoms with Crippen LogP contribution in [0.15, 0.2) is 47.4 Å². The molecule has 2 aromatic rings. The summed E-state index contributed by atoms with van der Waals surface area (Å²) >= 11 is 1.41. The molecule has 21 heavy (non-hydrogen) atoms. The van der Waals surface area contributed by atoms with E-state index in [0.717, 1.165) is 16.0 Å². The molecule has 0 saturated carbocycles. The average molecular weight is 304 g/mol. The average Bonchev–Trinajstić information content (AvgIpc) is 2.48. The van der Waals surface area contributed by atoms with Crippen LogP contribution in [0.3, 0.4) is 0 Å². The van der Waals surface area contributed by atoms with Gasteiger partial charge < -0.3 is 11.1 Å². The molecule has 5 heteroatoms. The lowest BCUT2D eigenvalue weighted by Gasteiger charge is -2.08. The van der Waals surface area contributed by atoms with E-state index in [0.29, 0.717) is 18.0 Å². The molecule has 0 aliphatic rings. The molecule has 0 radical (unpaired) electrons. The van der Waals surface area contributed by atoms with Crippen LogP contribution in [0, 0.1) is 12.7 Å². The summed E-state index contributed by atoms with van der Waals surface area (Å²) in [6.07, 6.45) is 0. The maximum atomic E-state index is 12.8. The highest BCUT2D eigenvalue weighted by Gasteiger charge is 2.06. The first-order valence-electron chi connectivity index (χ1n) is 6.55. The number of benzene rings is 2.